The van der Waals surface area contributed by atoms with Gasteiger partial charge in [-0.2, -0.15) is 4.31 Å². The van der Waals surface area contributed by atoms with Gasteiger partial charge in [0.05, 0.1) is 10.6 Å². The number of benzene rings is 2. The lowest BCUT2D eigenvalue weighted by Crippen LogP contribution is -2.43. The van der Waals surface area contributed by atoms with Crippen LogP contribution in [0.5, 0.6) is 0 Å². The summed E-state index contributed by atoms with van der Waals surface area (Å²) in [6.45, 7) is 2.54. The zero-order chi connectivity index (χ0) is 20.2. The van der Waals surface area contributed by atoms with Crippen LogP contribution in [0.2, 0.25) is 0 Å². The van der Waals surface area contributed by atoms with E-state index in [2.05, 4.69) is 4.72 Å². The van der Waals surface area contributed by atoms with Gasteiger partial charge in [-0.05, 0) is 49.1 Å². The lowest BCUT2D eigenvalue weighted by atomic mass is 10.0. The van der Waals surface area contributed by atoms with E-state index in [-0.39, 0.29) is 16.7 Å². The summed E-state index contributed by atoms with van der Waals surface area (Å²) in [6.07, 6.45) is 3.59. The molecule has 28 heavy (non-hydrogen) atoms. The van der Waals surface area contributed by atoms with Crippen LogP contribution in [0.4, 0.5) is 5.69 Å². The third-order valence-electron chi connectivity index (χ3n) is 4.98. The fraction of sp³-hybridized carbons (Fsp3) is 0.400. The number of rotatable bonds is 7. The zero-order valence-electron chi connectivity index (χ0n) is 15.9. The standard InChI is InChI=1S/C20H26N2O4S2/c1-2-19-10-6-7-15-22(19)28(25,26)20-13-11-18(12-14-20)21-27(23,24)16-17-8-4-3-5-9-17/h3-5,8-9,11-14,19,21H,2,6-7,10,15-16H2,1H3/t19-/m0/s1. The molecule has 1 atom stereocenters. The fourth-order valence-corrected chi connectivity index (χ4v) is 6.50. The minimum atomic E-state index is -3.58. The van der Waals surface area contributed by atoms with Crippen LogP contribution in [0.1, 0.15) is 38.2 Å². The molecule has 0 spiro atoms. The lowest BCUT2D eigenvalue weighted by Gasteiger charge is -2.34. The molecule has 8 heteroatoms. The molecule has 3 rings (SSSR count). The van der Waals surface area contributed by atoms with E-state index in [1.54, 1.807) is 28.6 Å². The number of sulfonamides is 2. The quantitative estimate of drug-likeness (QED) is 0.739. The average molecular weight is 423 g/mol. The van der Waals surface area contributed by atoms with Gasteiger partial charge in [0.25, 0.3) is 0 Å². The molecule has 1 aliphatic heterocycles. The van der Waals surface area contributed by atoms with E-state index >= 15 is 0 Å². The normalized spacial score (nSPS) is 18.7. The Bertz CT molecular complexity index is 988. The van der Waals surface area contributed by atoms with Gasteiger partial charge in [-0.15, -0.1) is 0 Å². The molecule has 0 amide bonds. The van der Waals surface area contributed by atoms with Crippen LogP contribution < -0.4 is 4.72 Å². The van der Waals surface area contributed by atoms with Gasteiger partial charge < -0.3 is 0 Å². The Morgan fingerprint density at radius 1 is 0.964 bits per heavy atom. The van der Waals surface area contributed by atoms with Gasteiger partial charge in [0.2, 0.25) is 20.0 Å². The molecule has 2 aromatic rings. The van der Waals surface area contributed by atoms with Crippen LogP contribution in [0.25, 0.3) is 0 Å². The van der Waals surface area contributed by atoms with Gasteiger partial charge in [-0.25, -0.2) is 16.8 Å². The Kier molecular flexibility index (Phi) is 6.42. The van der Waals surface area contributed by atoms with E-state index in [4.69, 9.17) is 0 Å². The van der Waals surface area contributed by atoms with Crippen molar-refractivity contribution in [3.8, 4) is 0 Å². The lowest BCUT2D eigenvalue weighted by molar-refractivity contribution is 0.246. The highest BCUT2D eigenvalue weighted by molar-refractivity contribution is 7.92. The molecule has 0 saturated carbocycles. The first-order valence-corrected chi connectivity index (χ1v) is 12.6. The Morgan fingerprint density at radius 3 is 2.29 bits per heavy atom. The molecule has 152 valence electrons. The summed E-state index contributed by atoms with van der Waals surface area (Å²) in [5.41, 5.74) is 1.03. The van der Waals surface area contributed by atoms with Crippen molar-refractivity contribution in [3.63, 3.8) is 0 Å². The van der Waals surface area contributed by atoms with E-state index in [9.17, 15) is 16.8 Å². The highest BCUT2D eigenvalue weighted by atomic mass is 32.2. The van der Waals surface area contributed by atoms with Crippen molar-refractivity contribution in [1.29, 1.82) is 0 Å². The summed E-state index contributed by atoms with van der Waals surface area (Å²) in [6, 6.07) is 14.9. The predicted molar refractivity (Wildman–Crippen MR) is 111 cm³/mol. The van der Waals surface area contributed by atoms with Crippen molar-refractivity contribution in [2.24, 2.45) is 0 Å². The molecule has 0 unspecified atom stereocenters. The number of piperidine rings is 1. The molecular formula is C20H26N2O4S2. The second-order valence-electron chi connectivity index (χ2n) is 7.04. The Labute approximate surface area is 167 Å². The van der Waals surface area contributed by atoms with E-state index in [1.165, 1.54) is 24.3 Å². The molecule has 0 aromatic heterocycles. The first kappa shape index (κ1) is 20.8. The van der Waals surface area contributed by atoms with Crippen LogP contribution in [0.3, 0.4) is 0 Å². The van der Waals surface area contributed by atoms with Crippen molar-refractivity contribution in [2.45, 2.75) is 49.3 Å². The third-order valence-corrected chi connectivity index (χ3v) is 8.20. The molecule has 1 heterocycles. The first-order valence-electron chi connectivity index (χ1n) is 9.48. The second kappa shape index (κ2) is 8.63. The van der Waals surface area contributed by atoms with Crippen LogP contribution in [0, 0.1) is 0 Å². The van der Waals surface area contributed by atoms with Gasteiger partial charge >= 0.3 is 0 Å². The van der Waals surface area contributed by atoms with Crippen molar-refractivity contribution in [1.82, 2.24) is 4.31 Å². The highest BCUT2D eigenvalue weighted by Gasteiger charge is 2.32. The van der Waals surface area contributed by atoms with Gasteiger partial charge in [-0.1, -0.05) is 43.7 Å². The van der Waals surface area contributed by atoms with Gasteiger partial charge in [0.15, 0.2) is 0 Å². The Hall–Kier alpha value is -1.90. The molecule has 1 N–H and O–H groups in total. The van der Waals surface area contributed by atoms with Crippen LogP contribution in [-0.4, -0.2) is 33.7 Å². The summed E-state index contributed by atoms with van der Waals surface area (Å²) >= 11 is 0. The van der Waals surface area contributed by atoms with Crippen LogP contribution in [0.15, 0.2) is 59.5 Å². The maximum atomic E-state index is 13.0. The molecule has 1 saturated heterocycles. The van der Waals surface area contributed by atoms with Gasteiger partial charge in [-0.3, -0.25) is 4.72 Å². The summed E-state index contributed by atoms with van der Waals surface area (Å²) < 4.78 is 54.7. The van der Waals surface area contributed by atoms with Crippen molar-refractivity contribution in [3.05, 3.63) is 60.2 Å². The van der Waals surface area contributed by atoms with E-state index < -0.39 is 20.0 Å². The molecule has 0 aliphatic carbocycles. The summed E-state index contributed by atoms with van der Waals surface area (Å²) in [4.78, 5) is 0.193. The number of hydrogen-bond donors (Lipinski definition) is 1. The minimum Gasteiger partial charge on any atom is -0.283 e. The second-order valence-corrected chi connectivity index (χ2v) is 10.7. The van der Waals surface area contributed by atoms with Crippen LogP contribution in [-0.2, 0) is 25.8 Å². The van der Waals surface area contributed by atoms with Gasteiger partial charge in [0, 0.05) is 18.3 Å². The highest BCUT2D eigenvalue weighted by Crippen LogP contribution is 2.27. The fourth-order valence-electron chi connectivity index (χ4n) is 3.54. The number of nitrogens with one attached hydrogen (secondary N) is 1. The number of hydrogen-bond acceptors (Lipinski definition) is 4. The number of anilines is 1. The summed E-state index contributed by atoms with van der Waals surface area (Å²) in [5, 5.41) is 0. The number of nitrogens with zero attached hydrogens (tertiary/aromatic N) is 1. The van der Waals surface area contributed by atoms with E-state index in [0.717, 1.165) is 25.7 Å². The van der Waals surface area contributed by atoms with Crippen LogP contribution >= 0.6 is 0 Å². The Balaban J connectivity index is 1.74. The van der Waals surface area contributed by atoms with Crippen molar-refractivity contribution < 1.29 is 16.8 Å². The Morgan fingerprint density at radius 2 is 1.64 bits per heavy atom. The third kappa shape index (κ3) is 4.92. The molecule has 0 radical (unpaired) electrons. The van der Waals surface area contributed by atoms with Gasteiger partial charge in [0.1, 0.15) is 0 Å². The largest absolute Gasteiger partial charge is 0.283 e. The molecule has 1 fully saturated rings. The maximum Gasteiger partial charge on any atom is 0.243 e. The predicted octanol–water partition coefficient (Wildman–Crippen LogP) is 3.58. The topological polar surface area (TPSA) is 83.6 Å². The maximum absolute atomic E-state index is 13.0. The summed E-state index contributed by atoms with van der Waals surface area (Å²) in [7, 11) is -7.16. The van der Waals surface area contributed by atoms with Crippen molar-refractivity contribution in [2.75, 3.05) is 11.3 Å². The average Bonchev–Trinajstić information content (AvgIpc) is 2.68. The molecule has 6 nitrogen and oxygen atoms in total. The monoisotopic (exact) mass is 422 g/mol. The van der Waals surface area contributed by atoms with Crippen molar-refractivity contribution >= 4 is 25.7 Å². The first-order chi connectivity index (χ1) is 13.3. The molecule has 1 aliphatic rings. The smallest absolute Gasteiger partial charge is 0.243 e. The molecule has 0 bridgehead atoms. The van der Waals surface area contributed by atoms with E-state index in [1.807, 2.05) is 13.0 Å². The zero-order valence-corrected chi connectivity index (χ0v) is 17.5. The minimum absolute atomic E-state index is 0.0304. The van der Waals surface area contributed by atoms with E-state index in [0.29, 0.717) is 17.8 Å². The SMILES string of the molecule is CC[C@H]1CCCCN1S(=O)(=O)c1ccc(NS(=O)(=O)Cc2ccccc2)cc1. The molecular weight excluding hydrogens is 396 g/mol. The summed E-state index contributed by atoms with van der Waals surface area (Å²) in [5.74, 6) is -0.139. The molecule has 2 aromatic carbocycles.